The van der Waals surface area contributed by atoms with Crippen molar-refractivity contribution in [1.82, 2.24) is 9.96 Å². The fourth-order valence-electron chi connectivity index (χ4n) is 7.33. The molecule has 2 aliphatic heterocycles. The molecule has 0 N–H and O–H groups in total. The van der Waals surface area contributed by atoms with E-state index in [0.717, 1.165) is 25.7 Å². The molecule has 0 spiro atoms. The first kappa shape index (κ1) is 19.0. The Bertz CT molecular complexity index is 931. The number of hydrogen-bond acceptors (Lipinski definition) is 5. The van der Waals surface area contributed by atoms with Crippen molar-refractivity contribution < 1.29 is 24.0 Å². The zero-order chi connectivity index (χ0) is 21.3. The lowest BCUT2D eigenvalue weighted by atomic mass is 9.49. The third-order valence-corrected chi connectivity index (χ3v) is 8.22. The highest BCUT2D eigenvalue weighted by molar-refractivity contribution is 6.21. The maximum absolute atomic E-state index is 13.7. The number of imide groups is 1. The Morgan fingerprint density at radius 1 is 0.903 bits per heavy atom. The maximum Gasteiger partial charge on any atom is 0.355 e. The fraction of sp³-hybridized carbons (Fsp3) is 0.583. The lowest BCUT2D eigenvalue weighted by molar-refractivity contribution is -0.179. The van der Waals surface area contributed by atoms with Crippen molar-refractivity contribution in [2.75, 3.05) is 6.54 Å². The Hall–Kier alpha value is -2.70. The van der Waals surface area contributed by atoms with E-state index in [-0.39, 0.29) is 22.4 Å². The molecule has 4 bridgehead atoms. The van der Waals surface area contributed by atoms with E-state index in [2.05, 4.69) is 0 Å². The van der Waals surface area contributed by atoms with Gasteiger partial charge in [-0.15, -0.1) is 0 Å². The van der Waals surface area contributed by atoms with Gasteiger partial charge in [0.05, 0.1) is 16.5 Å². The average molecular weight is 422 g/mol. The Morgan fingerprint density at radius 3 is 2.00 bits per heavy atom. The summed E-state index contributed by atoms with van der Waals surface area (Å²) in [5.74, 6) is 0.0555. The molecule has 2 heterocycles. The van der Waals surface area contributed by atoms with Crippen LogP contribution in [-0.4, -0.2) is 46.2 Å². The van der Waals surface area contributed by atoms with E-state index in [9.17, 15) is 19.2 Å². The lowest BCUT2D eigenvalue weighted by Crippen LogP contribution is -2.56. The third kappa shape index (κ3) is 2.78. The highest BCUT2D eigenvalue weighted by atomic mass is 16.7. The molecule has 31 heavy (non-hydrogen) atoms. The Labute approximate surface area is 180 Å². The molecule has 1 aromatic rings. The van der Waals surface area contributed by atoms with Crippen LogP contribution < -0.4 is 0 Å². The minimum absolute atomic E-state index is 0.0911. The number of fused-ring (bicyclic) bond motifs is 1. The molecule has 3 amide bonds. The number of carbonyl (C=O) groups is 4. The Balaban J connectivity index is 1.20. The summed E-state index contributed by atoms with van der Waals surface area (Å²) in [6.07, 6.45) is 7.78. The van der Waals surface area contributed by atoms with Gasteiger partial charge in [0.25, 0.3) is 11.8 Å². The molecule has 4 aliphatic carbocycles. The van der Waals surface area contributed by atoms with E-state index < -0.39 is 23.8 Å². The number of rotatable bonds is 3. The zero-order valence-electron chi connectivity index (χ0n) is 17.4. The van der Waals surface area contributed by atoms with Crippen LogP contribution >= 0.6 is 0 Å². The molecule has 162 valence electrons. The molecule has 7 heteroatoms. The maximum atomic E-state index is 13.7. The summed E-state index contributed by atoms with van der Waals surface area (Å²) in [5.41, 5.74) is 0.133. The summed E-state index contributed by atoms with van der Waals surface area (Å²) in [6.45, 7) is 0.530. The van der Waals surface area contributed by atoms with Gasteiger partial charge in [0.15, 0.2) is 0 Å². The largest absolute Gasteiger partial charge is 0.355 e. The normalized spacial score (nSPS) is 35.6. The Kier molecular flexibility index (Phi) is 4.08. The van der Waals surface area contributed by atoms with Crippen LogP contribution in [0, 0.1) is 23.2 Å². The fourth-order valence-corrected chi connectivity index (χ4v) is 7.33. The van der Waals surface area contributed by atoms with Gasteiger partial charge in [-0.1, -0.05) is 17.2 Å². The second-order valence-electron chi connectivity index (χ2n) is 10.2. The number of benzene rings is 1. The molecular formula is C24H26N2O5. The highest BCUT2D eigenvalue weighted by Crippen LogP contribution is 2.60. The summed E-state index contributed by atoms with van der Waals surface area (Å²) < 4.78 is 0. The minimum Gasteiger partial charge on any atom is -0.328 e. The number of hydrogen-bond donors (Lipinski definition) is 0. The SMILES string of the molecule is O=C(ON1C(=O)c2ccccc2C1=O)C1CCCN1C(=O)C12CC3CC(CC(C3)C1)C2. The van der Waals surface area contributed by atoms with Crippen LogP contribution in [0.3, 0.4) is 0 Å². The minimum atomic E-state index is -0.732. The number of nitrogens with zero attached hydrogens (tertiary/aromatic N) is 2. The van der Waals surface area contributed by atoms with Crippen molar-refractivity contribution in [3.05, 3.63) is 35.4 Å². The molecule has 5 fully saturated rings. The first-order valence-electron chi connectivity index (χ1n) is 11.5. The van der Waals surface area contributed by atoms with Crippen molar-refractivity contribution in [1.29, 1.82) is 0 Å². The lowest BCUT2D eigenvalue weighted by Gasteiger charge is -2.56. The first-order valence-corrected chi connectivity index (χ1v) is 11.5. The predicted molar refractivity (Wildman–Crippen MR) is 108 cm³/mol. The number of hydroxylamine groups is 2. The molecule has 1 saturated heterocycles. The van der Waals surface area contributed by atoms with Crippen LogP contribution in [-0.2, 0) is 14.4 Å². The topological polar surface area (TPSA) is 84.0 Å². The van der Waals surface area contributed by atoms with E-state index in [1.807, 2.05) is 0 Å². The molecule has 7 nitrogen and oxygen atoms in total. The summed E-state index contributed by atoms with van der Waals surface area (Å²) in [4.78, 5) is 58.8. The Morgan fingerprint density at radius 2 is 1.45 bits per heavy atom. The monoisotopic (exact) mass is 422 g/mol. The molecule has 4 saturated carbocycles. The molecule has 1 atom stereocenters. The van der Waals surface area contributed by atoms with Crippen LogP contribution in [0.15, 0.2) is 24.3 Å². The first-order chi connectivity index (χ1) is 14.9. The van der Waals surface area contributed by atoms with Crippen molar-refractivity contribution in [2.45, 2.75) is 57.4 Å². The molecule has 0 aromatic heterocycles. The van der Waals surface area contributed by atoms with Gasteiger partial charge >= 0.3 is 5.97 Å². The summed E-state index contributed by atoms with van der Waals surface area (Å²) in [5, 5.41) is 0.554. The van der Waals surface area contributed by atoms with E-state index in [1.54, 1.807) is 29.2 Å². The average Bonchev–Trinajstić information content (AvgIpc) is 3.32. The number of carbonyl (C=O) groups excluding carboxylic acids is 4. The number of likely N-dealkylation sites (tertiary alicyclic amines) is 1. The van der Waals surface area contributed by atoms with Gasteiger partial charge in [-0.3, -0.25) is 14.4 Å². The van der Waals surface area contributed by atoms with Crippen LogP contribution in [0.25, 0.3) is 0 Å². The molecule has 1 unspecified atom stereocenters. The van der Waals surface area contributed by atoms with Gasteiger partial charge in [0.1, 0.15) is 6.04 Å². The zero-order valence-corrected chi connectivity index (χ0v) is 17.4. The summed E-state index contributed by atoms with van der Waals surface area (Å²) in [7, 11) is 0. The van der Waals surface area contributed by atoms with E-state index in [4.69, 9.17) is 4.84 Å². The van der Waals surface area contributed by atoms with E-state index in [1.165, 1.54) is 19.3 Å². The van der Waals surface area contributed by atoms with Crippen LogP contribution in [0.2, 0.25) is 0 Å². The van der Waals surface area contributed by atoms with Crippen LogP contribution in [0.5, 0.6) is 0 Å². The van der Waals surface area contributed by atoms with E-state index in [0.29, 0.717) is 35.8 Å². The third-order valence-electron chi connectivity index (χ3n) is 8.22. The quantitative estimate of drug-likeness (QED) is 0.700. The van der Waals surface area contributed by atoms with Crippen molar-refractivity contribution in [3.8, 4) is 0 Å². The molecule has 1 aromatic carbocycles. The van der Waals surface area contributed by atoms with Gasteiger partial charge < -0.3 is 9.74 Å². The standard InChI is InChI=1S/C24H26N2O5/c27-20-17-4-1-2-5-18(17)21(28)26(20)31-22(29)19-6-3-7-25(19)23(30)24-11-14-8-15(12-24)10-16(9-14)13-24/h1-2,4-5,14-16,19H,3,6-13H2. The van der Waals surface area contributed by atoms with Crippen molar-refractivity contribution in [2.24, 2.45) is 23.2 Å². The summed E-state index contributed by atoms with van der Waals surface area (Å²) in [6, 6.07) is 5.69. The van der Waals surface area contributed by atoms with Gasteiger partial charge in [-0.25, -0.2) is 4.79 Å². The van der Waals surface area contributed by atoms with Gasteiger partial charge in [-0.2, -0.15) is 0 Å². The summed E-state index contributed by atoms with van der Waals surface area (Å²) >= 11 is 0. The molecule has 7 rings (SSSR count). The van der Waals surface area contributed by atoms with Gasteiger partial charge in [-0.05, 0) is 81.3 Å². The van der Waals surface area contributed by atoms with E-state index >= 15 is 0 Å². The predicted octanol–water partition coefficient (Wildman–Crippen LogP) is 2.95. The van der Waals surface area contributed by atoms with Crippen LogP contribution in [0.4, 0.5) is 0 Å². The molecule has 6 aliphatic rings. The highest BCUT2D eigenvalue weighted by Gasteiger charge is 2.57. The molecule has 0 radical (unpaired) electrons. The van der Waals surface area contributed by atoms with Crippen molar-refractivity contribution >= 4 is 23.7 Å². The smallest absolute Gasteiger partial charge is 0.328 e. The van der Waals surface area contributed by atoms with Crippen LogP contribution in [0.1, 0.15) is 72.1 Å². The number of amides is 3. The van der Waals surface area contributed by atoms with Gasteiger partial charge in [0.2, 0.25) is 5.91 Å². The van der Waals surface area contributed by atoms with Gasteiger partial charge in [0, 0.05) is 6.54 Å². The second-order valence-corrected chi connectivity index (χ2v) is 10.2. The van der Waals surface area contributed by atoms with Crippen molar-refractivity contribution in [3.63, 3.8) is 0 Å². The second kappa shape index (κ2) is 6.65. The molecular weight excluding hydrogens is 396 g/mol.